The number of hydrazone groups is 1. The number of esters is 1. The van der Waals surface area contributed by atoms with E-state index in [-0.39, 0.29) is 23.9 Å². The third-order valence-electron chi connectivity index (χ3n) is 4.28. The van der Waals surface area contributed by atoms with E-state index in [2.05, 4.69) is 10.5 Å². The van der Waals surface area contributed by atoms with Crippen LogP contribution in [0.2, 0.25) is 0 Å². The van der Waals surface area contributed by atoms with Crippen LogP contribution in [0, 0.1) is 5.92 Å². The monoisotopic (exact) mass is 300 g/mol. The molecule has 1 unspecified atom stereocenters. The molecule has 3 rings (SSSR count). The molecule has 116 valence electrons. The van der Waals surface area contributed by atoms with Crippen LogP contribution < -0.4 is 5.43 Å². The molecule has 22 heavy (non-hydrogen) atoms. The first-order valence-electron chi connectivity index (χ1n) is 7.81. The smallest absolute Gasteiger partial charge is 0.338 e. The van der Waals surface area contributed by atoms with Gasteiger partial charge in [-0.3, -0.25) is 4.79 Å². The normalized spacial score (nSPS) is 22.1. The highest BCUT2D eigenvalue weighted by atomic mass is 16.5. The Labute approximate surface area is 129 Å². The van der Waals surface area contributed by atoms with Crippen molar-refractivity contribution in [3.8, 4) is 0 Å². The summed E-state index contributed by atoms with van der Waals surface area (Å²) in [7, 11) is 0. The highest BCUT2D eigenvalue weighted by molar-refractivity contribution is 6.05. The molecule has 0 spiro atoms. The van der Waals surface area contributed by atoms with Gasteiger partial charge in [0.1, 0.15) is 6.10 Å². The minimum Gasteiger partial charge on any atom is -0.459 e. The minimum absolute atomic E-state index is 0.0551. The van der Waals surface area contributed by atoms with E-state index in [1.54, 1.807) is 12.1 Å². The maximum atomic E-state index is 12.1. The lowest BCUT2D eigenvalue weighted by Gasteiger charge is -2.18. The van der Waals surface area contributed by atoms with E-state index in [0.717, 1.165) is 37.0 Å². The molecule has 0 saturated heterocycles. The fourth-order valence-electron chi connectivity index (χ4n) is 2.87. The maximum Gasteiger partial charge on any atom is 0.338 e. The van der Waals surface area contributed by atoms with Crippen molar-refractivity contribution in [2.24, 2.45) is 11.0 Å². The number of hydrogen-bond acceptors (Lipinski definition) is 4. The first-order chi connectivity index (χ1) is 10.6. The van der Waals surface area contributed by atoms with Crippen LogP contribution >= 0.6 is 0 Å². The molecule has 1 heterocycles. The third-order valence-corrected chi connectivity index (χ3v) is 4.28. The Morgan fingerprint density at radius 1 is 1.23 bits per heavy atom. The van der Waals surface area contributed by atoms with Gasteiger partial charge in [0.15, 0.2) is 0 Å². The number of nitrogens with one attached hydrogen (secondary N) is 1. The summed E-state index contributed by atoms with van der Waals surface area (Å²) in [5.74, 6) is -0.397. The lowest BCUT2D eigenvalue weighted by atomic mass is 9.96. The van der Waals surface area contributed by atoms with Gasteiger partial charge < -0.3 is 4.74 Å². The van der Waals surface area contributed by atoms with E-state index in [0.29, 0.717) is 12.0 Å². The van der Waals surface area contributed by atoms with Crippen LogP contribution in [0.3, 0.4) is 0 Å². The summed E-state index contributed by atoms with van der Waals surface area (Å²) >= 11 is 0. The zero-order chi connectivity index (χ0) is 15.5. The van der Waals surface area contributed by atoms with E-state index in [1.807, 2.05) is 19.1 Å². The van der Waals surface area contributed by atoms with Crippen LogP contribution in [0.15, 0.2) is 29.4 Å². The number of carbonyl (C=O) groups excluding carboxylic acids is 2. The maximum absolute atomic E-state index is 12.1. The molecule has 0 aromatic heterocycles. The zero-order valence-corrected chi connectivity index (χ0v) is 12.7. The van der Waals surface area contributed by atoms with Gasteiger partial charge >= 0.3 is 5.97 Å². The zero-order valence-electron chi connectivity index (χ0n) is 12.7. The highest BCUT2D eigenvalue weighted by Gasteiger charge is 2.22. The van der Waals surface area contributed by atoms with Gasteiger partial charge in [0.25, 0.3) is 0 Å². The topological polar surface area (TPSA) is 67.8 Å². The molecule has 2 aliphatic rings. The van der Waals surface area contributed by atoms with E-state index in [1.165, 1.54) is 0 Å². The first kappa shape index (κ1) is 14.8. The summed E-state index contributed by atoms with van der Waals surface area (Å²) in [6, 6.07) is 7.23. The summed E-state index contributed by atoms with van der Waals surface area (Å²) in [5, 5.41) is 4.09. The van der Waals surface area contributed by atoms with Crippen LogP contribution in [-0.4, -0.2) is 23.7 Å². The standard InChI is InChI=1S/C17H20N2O3/c1-11-10-15(18-19-16(11)20)12-6-8-13(9-7-12)17(21)22-14-4-2-3-5-14/h6-9,11,14H,2-5,10H2,1H3,(H,19,20). The van der Waals surface area contributed by atoms with Gasteiger partial charge in [0.2, 0.25) is 5.91 Å². The Morgan fingerprint density at radius 3 is 2.55 bits per heavy atom. The van der Waals surface area contributed by atoms with Crippen molar-refractivity contribution in [3.63, 3.8) is 0 Å². The Balaban J connectivity index is 1.67. The van der Waals surface area contributed by atoms with Crippen LogP contribution in [0.4, 0.5) is 0 Å². The molecule has 1 aliphatic heterocycles. The van der Waals surface area contributed by atoms with E-state index in [4.69, 9.17) is 4.74 Å². The number of ether oxygens (including phenoxy) is 1. The fraction of sp³-hybridized carbons (Fsp3) is 0.471. The first-order valence-corrected chi connectivity index (χ1v) is 7.81. The quantitative estimate of drug-likeness (QED) is 0.873. The molecular formula is C17H20N2O3. The van der Waals surface area contributed by atoms with Crippen molar-refractivity contribution in [3.05, 3.63) is 35.4 Å². The van der Waals surface area contributed by atoms with E-state index < -0.39 is 0 Å². The Bertz CT molecular complexity index is 601. The van der Waals surface area contributed by atoms with Gasteiger partial charge in [-0.25, -0.2) is 10.2 Å². The van der Waals surface area contributed by atoms with E-state index in [9.17, 15) is 9.59 Å². The summed E-state index contributed by atoms with van der Waals surface area (Å²) in [5.41, 5.74) is 4.84. The molecule has 1 atom stereocenters. The highest BCUT2D eigenvalue weighted by Crippen LogP contribution is 2.22. The molecule has 1 fully saturated rings. The number of amides is 1. The van der Waals surface area contributed by atoms with Gasteiger partial charge in [-0.05, 0) is 43.4 Å². The molecule has 0 bridgehead atoms. The van der Waals surface area contributed by atoms with E-state index >= 15 is 0 Å². The molecule has 0 radical (unpaired) electrons. The van der Waals surface area contributed by atoms with Crippen molar-refractivity contribution in [2.75, 3.05) is 0 Å². The summed E-state index contributed by atoms with van der Waals surface area (Å²) < 4.78 is 5.49. The second kappa shape index (κ2) is 6.30. The molecule has 1 saturated carbocycles. The number of nitrogens with zero attached hydrogens (tertiary/aromatic N) is 1. The molecule has 1 aromatic carbocycles. The average molecular weight is 300 g/mol. The van der Waals surface area contributed by atoms with Crippen molar-refractivity contribution in [1.29, 1.82) is 0 Å². The van der Waals surface area contributed by atoms with Crippen molar-refractivity contribution in [2.45, 2.75) is 45.1 Å². The second-order valence-corrected chi connectivity index (χ2v) is 6.03. The van der Waals surface area contributed by atoms with Crippen molar-refractivity contribution < 1.29 is 14.3 Å². The summed E-state index contributed by atoms with van der Waals surface area (Å²) in [4.78, 5) is 23.5. The molecule has 1 amide bonds. The number of benzene rings is 1. The number of rotatable bonds is 3. The molecule has 1 aromatic rings. The van der Waals surface area contributed by atoms with Crippen LogP contribution in [0.25, 0.3) is 0 Å². The van der Waals surface area contributed by atoms with Gasteiger partial charge in [-0.1, -0.05) is 19.1 Å². The third kappa shape index (κ3) is 3.18. The average Bonchev–Trinajstić information content (AvgIpc) is 3.03. The van der Waals surface area contributed by atoms with Gasteiger partial charge in [-0.15, -0.1) is 0 Å². The Morgan fingerprint density at radius 2 is 1.91 bits per heavy atom. The molecule has 1 aliphatic carbocycles. The number of hydrogen-bond donors (Lipinski definition) is 1. The SMILES string of the molecule is CC1CC(c2ccc(C(=O)OC3CCCC3)cc2)=NNC1=O. The van der Waals surface area contributed by atoms with Gasteiger partial charge in [0.05, 0.1) is 11.3 Å². The molecule has 5 nitrogen and oxygen atoms in total. The Hall–Kier alpha value is -2.17. The summed E-state index contributed by atoms with van der Waals surface area (Å²) in [6.45, 7) is 1.87. The largest absolute Gasteiger partial charge is 0.459 e. The minimum atomic E-state index is -0.259. The lowest BCUT2D eigenvalue weighted by molar-refractivity contribution is -0.124. The predicted molar refractivity (Wildman–Crippen MR) is 82.6 cm³/mol. The fourth-order valence-corrected chi connectivity index (χ4v) is 2.87. The Kier molecular flexibility index (Phi) is 4.22. The molecule has 1 N–H and O–H groups in total. The molecule has 5 heteroatoms. The van der Waals surface area contributed by atoms with Crippen molar-refractivity contribution in [1.82, 2.24) is 5.43 Å². The lowest BCUT2D eigenvalue weighted by Crippen LogP contribution is -2.33. The summed E-state index contributed by atoms with van der Waals surface area (Å²) in [6.07, 6.45) is 4.90. The predicted octanol–water partition coefficient (Wildman–Crippen LogP) is 2.65. The van der Waals surface area contributed by atoms with Gasteiger partial charge in [-0.2, -0.15) is 5.10 Å². The van der Waals surface area contributed by atoms with Gasteiger partial charge in [0, 0.05) is 12.3 Å². The van der Waals surface area contributed by atoms with Crippen molar-refractivity contribution >= 4 is 17.6 Å². The van der Waals surface area contributed by atoms with Crippen LogP contribution in [0.5, 0.6) is 0 Å². The molecular weight excluding hydrogens is 280 g/mol. The van der Waals surface area contributed by atoms with Crippen LogP contribution in [0.1, 0.15) is 54.9 Å². The second-order valence-electron chi connectivity index (χ2n) is 6.03. The van der Waals surface area contributed by atoms with Crippen LogP contribution in [-0.2, 0) is 9.53 Å². The number of carbonyl (C=O) groups is 2.